The Morgan fingerprint density at radius 2 is 2.29 bits per heavy atom. The highest BCUT2D eigenvalue weighted by Crippen LogP contribution is 1.88. The number of aliphatic hydroxyl groups excluding tert-OH is 1. The molecule has 0 heterocycles. The van der Waals surface area contributed by atoms with Crippen LogP contribution in [0.15, 0.2) is 0 Å². The van der Waals surface area contributed by atoms with Crippen LogP contribution in [0.5, 0.6) is 0 Å². The van der Waals surface area contributed by atoms with Crippen LogP contribution in [0.2, 0.25) is 0 Å². The number of aliphatic hydroxyl groups is 1. The van der Waals surface area contributed by atoms with E-state index in [-0.39, 0.29) is 6.61 Å². The first kappa shape index (κ1) is 6.43. The van der Waals surface area contributed by atoms with E-state index in [4.69, 9.17) is 10.2 Å². The Morgan fingerprint density at radius 3 is 2.29 bits per heavy atom. The lowest BCUT2D eigenvalue weighted by atomic mass is 10.2. The van der Waals surface area contributed by atoms with E-state index in [2.05, 4.69) is 0 Å². The average molecular weight is 104 g/mol. The van der Waals surface area contributed by atoms with Gasteiger partial charge < -0.3 is 10.2 Å². The molecule has 0 radical (unpaired) electrons. The fourth-order valence-corrected chi connectivity index (χ4v) is 0.0781. The minimum absolute atomic E-state index is 0.282. The number of carboxylic acid groups (broad SMARTS) is 1. The van der Waals surface area contributed by atoms with Crippen molar-refractivity contribution in [3.8, 4) is 0 Å². The van der Waals surface area contributed by atoms with Crippen molar-refractivity contribution in [2.24, 2.45) is 5.92 Å². The maximum Gasteiger partial charge on any atom is 0.308 e. The Labute approximate surface area is 41.6 Å². The number of aliphatic carboxylic acids is 1. The predicted octanol–water partition coefficient (Wildman–Crippen LogP) is -0.301. The van der Waals surface area contributed by atoms with Crippen molar-refractivity contribution in [2.75, 3.05) is 6.61 Å². The van der Waals surface area contributed by atoms with Gasteiger partial charge in [-0.1, -0.05) is 0 Å². The molecule has 0 rings (SSSR count). The van der Waals surface area contributed by atoms with Crippen LogP contribution in [0.3, 0.4) is 0 Å². The summed E-state index contributed by atoms with van der Waals surface area (Å²) in [5.74, 6) is -1.58. The fourth-order valence-electron chi connectivity index (χ4n) is 0.0781. The Bertz CT molecular complexity index is 69.3. The molecule has 0 aromatic carbocycles. The zero-order valence-corrected chi connectivity index (χ0v) is 4.09. The third-order valence-corrected chi connectivity index (χ3v) is 0.695. The highest BCUT2D eigenvalue weighted by atomic mass is 16.4. The van der Waals surface area contributed by atoms with Crippen molar-refractivity contribution in [1.29, 1.82) is 0 Å². The summed E-state index contributed by atoms with van der Waals surface area (Å²) in [7, 11) is 0. The summed E-state index contributed by atoms with van der Waals surface area (Å²) in [6.45, 7) is 1.16. The normalized spacial score (nSPS) is 13.4. The van der Waals surface area contributed by atoms with Crippen LogP contribution < -0.4 is 0 Å². The highest BCUT2D eigenvalue weighted by Gasteiger charge is 2.06. The van der Waals surface area contributed by atoms with Crippen molar-refractivity contribution >= 4 is 5.97 Å². The van der Waals surface area contributed by atoms with E-state index >= 15 is 0 Å². The van der Waals surface area contributed by atoms with Gasteiger partial charge in [-0.25, -0.2) is 0 Å². The van der Waals surface area contributed by atoms with Crippen LogP contribution in [0, 0.1) is 5.92 Å². The van der Waals surface area contributed by atoms with Gasteiger partial charge in [0, 0.05) is 0 Å². The van der Waals surface area contributed by atoms with E-state index in [0.717, 1.165) is 0 Å². The molecule has 0 amide bonds. The highest BCUT2D eigenvalue weighted by molar-refractivity contribution is 5.69. The van der Waals surface area contributed by atoms with E-state index in [0.29, 0.717) is 0 Å². The molecule has 1 atom stereocenters. The van der Waals surface area contributed by atoms with Crippen LogP contribution in [0.1, 0.15) is 6.92 Å². The fraction of sp³-hybridized carbons (Fsp3) is 0.750. The van der Waals surface area contributed by atoms with Crippen molar-refractivity contribution < 1.29 is 15.0 Å². The quantitative estimate of drug-likeness (QED) is 0.505. The maximum atomic E-state index is 9.77. The number of carbonyl (C=O) groups is 1. The standard InChI is InChI=1S/C4H8O3/c1-3(2-5)4(6)7/h3,5H,2H2,1H3,(H,6,7)/t3-/m0/s1. The minimum Gasteiger partial charge on any atom is -0.481 e. The van der Waals surface area contributed by atoms with Gasteiger partial charge in [-0.05, 0) is 6.92 Å². The Hall–Kier alpha value is -0.570. The Kier molecular flexibility index (Phi) is 2.37. The number of rotatable bonds is 2. The molecule has 42 valence electrons. The smallest absolute Gasteiger partial charge is 0.308 e. The molecule has 3 nitrogen and oxygen atoms in total. The van der Waals surface area contributed by atoms with Gasteiger partial charge in [0.2, 0.25) is 0 Å². The van der Waals surface area contributed by atoms with Crippen molar-refractivity contribution in [3.05, 3.63) is 0 Å². The van der Waals surface area contributed by atoms with E-state index < -0.39 is 11.9 Å². The van der Waals surface area contributed by atoms with Crippen LogP contribution in [0.4, 0.5) is 0 Å². The molecule has 0 aromatic heterocycles. The maximum absolute atomic E-state index is 9.77. The third-order valence-electron chi connectivity index (χ3n) is 0.695. The van der Waals surface area contributed by atoms with Crippen molar-refractivity contribution in [2.45, 2.75) is 6.92 Å². The van der Waals surface area contributed by atoms with Crippen molar-refractivity contribution in [3.63, 3.8) is 0 Å². The SMILES string of the molecule is C[C@@H](CO)C(=O)O. The monoisotopic (exact) mass is 104 g/mol. The van der Waals surface area contributed by atoms with E-state index in [1.165, 1.54) is 6.92 Å². The Morgan fingerprint density at radius 1 is 1.86 bits per heavy atom. The van der Waals surface area contributed by atoms with Crippen LogP contribution >= 0.6 is 0 Å². The van der Waals surface area contributed by atoms with Crippen LogP contribution in [0.25, 0.3) is 0 Å². The predicted molar refractivity (Wildman–Crippen MR) is 23.9 cm³/mol. The van der Waals surface area contributed by atoms with E-state index in [9.17, 15) is 4.79 Å². The molecule has 3 heteroatoms. The summed E-state index contributed by atoms with van der Waals surface area (Å²) in [6, 6.07) is 0. The second-order valence-corrected chi connectivity index (χ2v) is 1.42. The van der Waals surface area contributed by atoms with Gasteiger partial charge in [-0.3, -0.25) is 4.79 Å². The zero-order valence-electron chi connectivity index (χ0n) is 4.09. The van der Waals surface area contributed by atoms with Crippen LogP contribution in [-0.4, -0.2) is 22.8 Å². The molecule has 0 aliphatic heterocycles. The first-order valence-corrected chi connectivity index (χ1v) is 2.02. The van der Waals surface area contributed by atoms with Gasteiger partial charge in [-0.2, -0.15) is 0 Å². The minimum atomic E-state index is -0.956. The molecule has 7 heavy (non-hydrogen) atoms. The zero-order chi connectivity index (χ0) is 5.86. The molecule has 0 fully saturated rings. The molecular weight excluding hydrogens is 96.0 g/mol. The molecule has 2 N–H and O–H groups in total. The number of hydrogen-bond acceptors (Lipinski definition) is 2. The van der Waals surface area contributed by atoms with Gasteiger partial charge in [0.05, 0.1) is 12.5 Å². The lowest BCUT2D eigenvalue weighted by Gasteiger charge is -1.95. The van der Waals surface area contributed by atoms with Crippen molar-refractivity contribution in [1.82, 2.24) is 0 Å². The van der Waals surface area contributed by atoms with Gasteiger partial charge in [-0.15, -0.1) is 0 Å². The number of hydrogen-bond donors (Lipinski definition) is 2. The Balaban J connectivity index is 3.34. The molecule has 0 unspecified atom stereocenters. The molecule has 0 saturated heterocycles. The van der Waals surface area contributed by atoms with E-state index in [1.807, 2.05) is 0 Å². The summed E-state index contributed by atoms with van der Waals surface area (Å²) < 4.78 is 0. The van der Waals surface area contributed by atoms with Crippen LogP contribution in [-0.2, 0) is 4.79 Å². The average Bonchev–Trinajstić information content (AvgIpc) is 1.65. The lowest BCUT2D eigenvalue weighted by molar-refractivity contribution is -0.142. The second-order valence-electron chi connectivity index (χ2n) is 1.42. The van der Waals surface area contributed by atoms with Gasteiger partial charge >= 0.3 is 5.97 Å². The van der Waals surface area contributed by atoms with Gasteiger partial charge in [0.25, 0.3) is 0 Å². The first-order valence-electron chi connectivity index (χ1n) is 2.02. The molecule has 0 spiro atoms. The molecule has 0 saturated carbocycles. The summed E-state index contributed by atoms with van der Waals surface area (Å²) in [5.41, 5.74) is 0. The molecule has 0 aromatic rings. The molecule has 0 bridgehead atoms. The summed E-state index contributed by atoms with van der Waals surface area (Å²) in [6.07, 6.45) is 0. The van der Waals surface area contributed by atoms with Gasteiger partial charge in [0.1, 0.15) is 0 Å². The second kappa shape index (κ2) is 2.58. The summed E-state index contributed by atoms with van der Waals surface area (Å²) in [5, 5.41) is 16.1. The molecule has 0 aliphatic carbocycles. The topological polar surface area (TPSA) is 57.5 Å². The lowest BCUT2D eigenvalue weighted by Crippen LogP contribution is -2.12. The first-order chi connectivity index (χ1) is 3.18. The van der Waals surface area contributed by atoms with Gasteiger partial charge in [0.15, 0.2) is 0 Å². The molecular formula is C4H8O3. The number of carboxylic acids is 1. The summed E-state index contributed by atoms with van der Waals surface area (Å²) in [4.78, 5) is 9.77. The molecule has 0 aliphatic rings. The third kappa shape index (κ3) is 2.17. The largest absolute Gasteiger partial charge is 0.481 e. The van der Waals surface area contributed by atoms with E-state index in [1.54, 1.807) is 0 Å². The summed E-state index contributed by atoms with van der Waals surface area (Å²) >= 11 is 0.